The number of fused-ring (bicyclic) bond motifs is 7. The number of esters is 1. The smallest absolute Gasteiger partial charge is 0.314 e. The summed E-state index contributed by atoms with van der Waals surface area (Å²) in [5.41, 5.74) is 3.17. The minimum absolute atomic E-state index is 0.0219. The molecule has 5 aliphatic rings. The van der Waals surface area contributed by atoms with E-state index in [-0.39, 0.29) is 22.7 Å². The van der Waals surface area contributed by atoms with Crippen LogP contribution in [0.1, 0.15) is 113 Å². The van der Waals surface area contributed by atoms with Crippen molar-refractivity contribution in [2.45, 2.75) is 113 Å². The standard InChI is InChI=1S/C37H54O2/c1-24-16-19-34(5)22-23-36(7)27(31(34)25(24)2)14-15-30-35(6)20-17-28(32(38)39-26-12-10-9-11-13-26)33(3,4)29(35)18-21-37(30,36)8/h9-14,24-25,28-31H,15-23H2,1-8H3. The fourth-order valence-electron chi connectivity index (χ4n) is 12.0. The van der Waals surface area contributed by atoms with Gasteiger partial charge in [0, 0.05) is 0 Å². The molecule has 214 valence electrons. The van der Waals surface area contributed by atoms with Gasteiger partial charge in [0.25, 0.3) is 0 Å². The molecule has 5 aliphatic carbocycles. The molecule has 0 aromatic heterocycles. The lowest BCUT2D eigenvalue weighted by molar-refractivity contribution is -0.197. The third-order valence-corrected chi connectivity index (χ3v) is 14.7. The van der Waals surface area contributed by atoms with Gasteiger partial charge in [0.2, 0.25) is 0 Å². The summed E-state index contributed by atoms with van der Waals surface area (Å²) in [7, 11) is 0. The van der Waals surface area contributed by atoms with Gasteiger partial charge < -0.3 is 4.74 Å². The monoisotopic (exact) mass is 530 g/mol. The van der Waals surface area contributed by atoms with Crippen LogP contribution in [0.4, 0.5) is 0 Å². The molecule has 0 spiro atoms. The van der Waals surface area contributed by atoms with Crippen molar-refractivity contribution in [3.8, 4) is 5.75 Å². The molecular formula is C37H54O2. The van der Waals surface area contributed by atoms with Crippen LogP contribution >= 0.6 is 0 Å². The third kappa shape index (κ3) is 3.74. The Bertz CT molecular complexity index is 1150. The van der Waals surface area contributed by atoms with Gasteiger partial charge in [-0.3, -0.25) is 4.79 Å². The van der Waals surface area contributed by atoms with Gasteiger partial charge >= 0.3 is 5.97 Å². The van der Waals surface area contributed by atoms with Gasteiger partial charge in [0.15, 0.2) is 0 Å². The molecule has 2 nitrogen and oxygen atoms in total. The van der Waals surface area contributed by atoms with E-state index in [4.69, 9.17) is 4.74 Å². The number of rotatable bonds is 2. The highest BCUT2D eigenvalue weighted by atomic mass is 16.5. The van der Waals surface area contributed by atoms with Crippen LogP contribution in [-0.2, 0) is 4.79 Å². The first-order chi connectivity index (χ1) is 18.3. The van der Waals surface area contributed by atoms with Gasteiger partial charge in [-0.1, -0.05) is 85.2 Å². The Morgan fingerprint density at radius 3 is 2.26 bits per heavy atom. The second-order valence-corrected chi connectivity index (χ2v) is 16.4. The first kappa shape index (κ1) is 27.6. The summed E-state index contributed by atoms with van der Waals surface area (Å²) < 4.78 is 5.95. The largest absolute Gasteiger partial charge is 0.426 e. The highest BCUT2D eigenvalue weighted by Gasteiger charge is 2.68. The highest BCUT2D eigenvalue weighted by Crippen LogP contribution is 2.76. The maximum atomic E-state index is 13.5. The average Bonchev–Trinajstić information content (AvgIpc) is 2.87. The van der Waals surface area contributed by atoms with Crippen molar-refractivity contribution in [3.63, 3.8) is 0 Å². The Morgan fingerprint density at radius 2 is 1.54 bits per heavy atom. The number of hydrogen-bond donors (Lipinski definition) is 0. The molecule has 0 heterocycles. The van der Waals surface area contributed by atoms with E-state index < -0.39 is 0 Å². The number of hydrogen-bond acceptors (Lipinski definition) is 2. The number of para-hydroxylation sites is 1. The van der Waals surface area contributed by atoms with E-state index in [1.165, 1.54) is 44.9 Å². The van der Waals surface area contributed by atoms with E-state index in [0.29, 0.717) is 33.8 Å². The van der Waals surface area contributed by atoms with Crippen LogP contribution in [0.5, 0.6) is 5.75 Å². The molecule has 0 N–H and O–H groups in total. The lowest BCUT2D eigenvalue weighted by atomic mass is 9.33. The van der Waals surface area contributed by atoms with Crippen LogP contribution in [0.3, 0.4) is 0 Å². The summed E-state index contributed by atoms with van der Waals surface area (Å²) in [4.78, 5) is 13.5. The van der Waals surface area contributed by atoms with Crippen molar-refractivity contribution in [2.24, 2.45) is 62.6 Å². The van der Waals surface area contributed by atoms with Crippen molar-refractivity contribution in [1.82, 2.24) is 0 Å². The number of allylic oxidation sites excluding steroid dienone is 2. The van der Waals surface area contributed by atoms with E-state index in [9.17, 15) is 4.79 Å². The minimum Gasteiger partial charge on any atom is -0.426 e. The molecular weight excluding hydrogens is 476 g/mol. The molecule has 0 amide bonds. The van der Waals surface area contributed by atoms with E-state index in [2.05, 4.69) is 61.5 Å². The molecule has 0 aliphatic heterocycles. The van der Waals surface area contributed by atoms with E-state index in [0.717, 1.165) is 30.6 Å². The van der Waals surface area contributed by atoms with Crippen molar-refractivity contribution in [2.75, 3.05) is 0 Å². The second kappa shape index (κ2) is 8.96. The lowest BCUT2D eigenvalue weighted by Crippen LogP contribution is -2.64. The highest BCUT2D eigenvalue weighted by molar-refractivity contribution is 5.76. The van der Waals surface area contributed by atoms with Crippen LogP contribution in [0.15, 0.2) is 42.0 Å². The Labute approximate surface area is 238 Å². The molecule has 10 unspecified atom stereocenters. The van der Waals surface area contributed by atoms with Crippen LogP contribution in [0, 0.1) is 62.6 Å². The SMILES string of the molecule is CC1CCC2(C)CCC3(C)C(=CCC4C5(C)CCC(C(=O)Oc6ccccc6)C(C)(C)C5CCC43C)C2C1C. The summed E-state index contributed by atoms with van der Waals surface area (Å²) in [5.74, 6) is 4.22. The minimum atomic E-state index is -0.0659. The Hall–Kier alpha value is -1.57. The van der Waals surface area contributed by atoms with Gasteiger partial charge in [0.05, 0.1) is 5.92 Å². The topological polar surface area (TPSA) is 26.3 Å². The number of ether oxygens (including phenoxy) is 1. The lowest BCUT2D eigenvalue weighted by Gasteiger charge is -2.71. The Balaban J connectivity index is 1.32. The summed E-state index contributed by atoms with van der Waals surface area (Å²) in [6.07, 6.45) is 14.2. The normalized spacial score (nSPS) is 48.5. The van der Waals surface area contributed by atoms with Crippen LogP contribution < -0.4 is 4.74 Å². The predicted octanol–water partition coefficient (Wildman–Crippen LogP) is 9.89. The summed E-state index contributed by atoms with van der Waals surface area (Å²) in [5, 5.41) is 0. The summed E-state index contributed by atoms with van der Waals surface area (Å²) in [6, 6.07) is 9.67. The first-order valence-electron chi connectivity index (χ1n) is 16.3. The fourth-order valence-corrected chi connectivity index (χ4v) is 12.0. The molecule has 39 heavy (non-hydrogen) atoms. The first-order valence-corrected chi connectivity index (χ1v) is 16.3. The molecule has 0 bridgehead atoms. The Kier molecular flexibility index (Phi) is 6.34. The summed E-state index contributed by atoms with van der Waals surface area (Å²) in [6.45, 7) is 20.5. The van der Waals surface area contributed by atoms with E-state index in [1.807, 2.05) is 35.9 Å². The van der Waals surface area contributed by atoms with Gasteiger partial charge in [-0.15, -0.1) is 0 Å². The average molecular weight is 531 g/mol. The molecule has 4 saturated carbocycles. The van der Waals surface area contributed by atoms with E-state index in [1.54, 1.807) is 0 Å². The van der Waals surface area contributed by atoms with Crippen molar-refractivity contribution < 1.29 is 9.53 Å². The van der Waals surface area contributed by atoms with E-state index >= 15 is 0 Å². The number of carbonyl (C=O) groups is 1. The number of carbonyl (C=O) groups excluding carboxylic acids is 1. The van der Waals surface area contributed by atoms with Crippen LogP contribution in [0.25, 0.3) is 0 Å². The maximum absolute atomic E-state index is 13.5. The summed E-state index contributed by atoms with van der Waals surface area (Å²) >= 11 is 0. The van der Waals surface area contributed by atoms with Gasteiger partial charge in [-0.2, -0.15) is 0 Å². The Morgan fingerprint density at radius 1 is 0.821 bits per heavy atom. The van der Waals surface area contributed by atoms with Gasteiger partial charge in [-0.05, 0) is 127 Å². The van der Waals surface area contributed by atoms with Crippen molar-refractivity contribution in [1.29, 1.82) is 0 Å². The zero-order valence-electron chi connectivity index (χ0n) is 26.1. The fraction of sp³-hybridized carbons (Fsp3) is 0.757. The van der Waals surface area contributed by atoms with Crippen LogP contribution in [-0.4, -0.2) is 5.97 Å². The number of benzene rings is 1. The third-order valence-electron chi connectivity index (χ3n) is 14.7. The molecule has 1 aromatic carbocycles. The van der Waals surface area contributed by atoms with Crippen molar-refractivity contribution in [3.05, 3.63) is 42.0 Å². The molecule has 2 heteroatoms. The van der Waals surface area contributed by atoms with Gasteiger partial charge in [-0.25, -0.2) is 0 Å². The maximum Gasteiger partial charge on any atom is 0.314 e. The molecule has 0 radical (unpaired) electrons. The predicted molar refractivity (Wildman–Crippen MR) is 160 cm³/mol. The molecule has 0 saturated heterocycles. The zero-order chi connectivity index (χ0) is 28.0. The molecule has 4 fully saturated rings. The van der Waals surface area contributed by atoms with Gasteiger partial charge in [0.1, 0.15) is 5.75 Å². The quantitative estimate of drug-likeness (QED) is 0.216. The van der Waals surface area contributed by atoms with Crippen molar-refractivity contribution >= 4 is 5.97 Å². The second-order valence-electron chi connectivity index (χ2n) is 16.4. The molecule has 1 aromatic rings. The zero-order valence-corrected chi connectivity index (χ0v) is 26.1. The molecule has 10 atom stereocenters. The van der Waals surface area contributed by atoms with Crippen LogP contribution in [0.2, 0.25) is 0 Å². The molecule has 6 rings (SSSR count).